The van der Waals surface area contributed by atoms with E-state index in [1.807, 2.05) is 0 Å². The average Bonchev–Trinajstić information content (AvgIpc) is 2.74. The van der Waals surface area contributed by atoms with E-state index in [9.17, 15) is 14.0 Å². The number of thioether (sulfide) groups is 1. The number of benzene rings is 2. The standard InChI is InChI=1S/C22H22FN3O2S/c23-17-11-5-7-13-19(17)26-21(28)16-10-4-6-12-18(16)25-22(26)29-14-20(27)24-15-8-2-1-3-9-15/h4-7,10-13,15H,1-3,8-9,14H2,(H,24,27). The Balaban J connectivity index is 1.65. The smallest absolute Gasteiger partial charge is 0.266 e. The van der Waals surface area contributed by atoms with Gasteiger partial charge in [0.25, 0.3) is 5.56 Å². The van der Waals surface area contributed by atoms with E-state index in [4.69, 9.17) is 0 Å². The second-order valence-corrected chi connectivity index (χ2v) is 8.14. The van der Waals surface area contributed by atoms with Crippen LogP contribution < -0.4 is 10.9 Å². The third-order valence-electron chi connectivity index (χ3n) is 5.14. The van der Waals surface area contributed by atoms with Gasteiger partial charge in [0, 0.05) is 6.04 Å². The number of carbonyl (C=O) groups is 1. The Kier molecular flexibility index (Phi) is 5.94. The molecule has 0 atom stereocenters. The highest BCUT2D eigenvalue weighted by atomic mass is 32.2. The number of amides is 1. The number of aromatic nitrogens is 2. The molecule has 1 saturated carbocycles. The summed E-state index contributed by atoms with van der Waals surface area (Å²) in [6.07, 6.45) is 5.50. The van der Waals surface area contributed by atoms with Crippen LogP contribution in [-0.4, -0.2) is 27.3 Å². The lowest BCUT2D eigenvalue weighted by molar-refractivity contribution is -0.119. The first-order valence-electron chi connectivity index (χ1n) is 9.82. The van der Waals surface area contributed by atoms with Crippen molar-refractivity contribution in [1.29, 1.82) is 0 Å². The maximum atomic E-state index is 14.5. The van der Waals surface area contributed by atoms with Crippen LogP contribution >= 0.6 is 11.8 Å². The molecule has 1 heterocycles. The van der Waals surface area contributed by atoms with Crippen molar-refractivity contribution in [1.82, 2.24) is 14.9 Å². The maximum Gasteiger partial charge on any atom is 0.266 e. The predicted octanol–water partition coefficient (Wildman–Crippen LogP) is 4.07. The summed E-state index contributed by atoms with van der Waals surface area (Å²) in [5, 5.41) is 3.77. The third kappa shape index (κ3) is 4.34. The zero-order valence-electron chi connectivity index (χ0n) is 15.9. The highest BCUT2D eigenvalue weighted by Gasteiger charge is 2.19. The van der Waals surface area contributed by atoms with E-state index in [0.717, 1.165) is 37.4 Å². The lowest BCUT2D eigenvalue weighted by Gasteiger charge is -2.22. The van der Waals surface area contributed by atoms with E-state index in [-0.39, 0.29) is 28.9 Å². The molecule has 1 N–H and O–H groups in total. The summed E-state index contributed by atoms with van der Waals surface area (Å²) in [5.41, 5.74) is 0.308. The van der Waals surface area contributed by atoms with Gasteiger partial charge in [0.1, 0.15) is 5.82 Å². The molecular weight excluding hydrogens is 389 g/mol. The molecule has 150 valence electrons. The molecule has 29 heavy (non-hydrogen) atoms. The van der Waals surface area contributed by atoms with Crippen LogP contribution in [0.3, 0.4) is 0 Å². The molecule has 1 aliphatic carbocycles. The zero-order chi connectivity index (χ0) is 20.2. The first-order chi connectivity index (χ1) is 14.1. The fourth-order valence-electron chi connectivity index (χ4n) is 3.70. The minimum absolute atomic E-state index is 0.0932. The van der Waals surface area contributed by atoms with Crippen LogP contribution in [0.5, 0.6) is 0 Å². The van der Waals surface area contributed by atoms with Gasteiger partial charge < -0.3 is 5.32 Å². The van der Waals surface area contributed by atoms with E-state index in [1.54, 1.807) is 42.5 Å². The molecule has 0 aliphatic heterocycles. The molecule has 3 aromatic rings. The molecule has 0 saturated heterocycles. The Hall–Kier alpha value is -2.67. The summed E-state index contributed by atoms with van der Waals surface area (Å²) in [5.74, 6) is -0.486. The quantitative estimate of drug-likeness (QED) is 0.508. The van der Waals surface area contributed by atoms with E-state index in [1.165, 1.54) is 17.1 Å². The number of nitrogens with zero attached hydrogens (tertiary/aromatic N) is 2. The van der Waals surface area contributed by atoms with Gasteiger partial charge in [-0.3, -0.25) is 14.2 Å². The Morgan fingerprint density at radius 2 is 1.83 bits per heavy atom. The Morgan fingerprint density at radius 1 is 1.10 bits per heavy atom. The number of nitrogens with one attached hydrogen (secondary N) is 1. The molecule has 1 fully saturated rings. The predicted molar refractivity (Wildman–Crippen MR) is 113 cm³/mol. The number of hydrogen-bond acceptors (Lipinski definition) is 4. The van der Waals surface area contributed by atoms with Gasteiger partial charge in [-0.1, -0.05) is 55.3 Å². The van der Waals surface area contributed by atoms with Gasteiger partial charge >= 0.3 is 0 Å². The van der Waals surface area contributed by atoms with Crippen molar-refractivity contribution in [2.75, 3.05) is 5.75 Å². The average molecular weight is 412 g/mol. The van der Waals surface area contributed by atoms with E-state index < -0.39 is 5.82 Å². The Labute approximate surface area is 172 Å². The summed E-state index contributed by atoms with van der Waals surface area (Å²) in [7, 11) is 0. The highest BCUT2D eigenvalue weighted by molar-refractivity contribution is 7.99. The van der Waals surface area contributed by atoms with Gasteiger partial charge in [-0.15, -0.1) is 0 Å². The number of fused-ring (bicyclic) bond motifs is 1. The lowest BCUT2D eigenvalue weighted by atomic mass is 9.95. The topological polar surface area (TPSA) is 64.0 Å². The highest BCUT2D eigenvalue weighted by Crippen LogP contribution is 2.23. The second kappa shape index (κ2) is 8.78. The first-order valence-corrected chi connectivity index (χ1v) is 10.8. The first kappa shape index (κ1) is 19.6. The zero-order valence-corrected chi connectivity index (χ0v) is 16.8. The molecule has 7 heteroatoms. The summed E-state index contributed by atoms with van der Waals surface area (Å²) in [6, 6.07) is 13.3. The molecular formula is C22H22FN3O2S. The van der Waals surface area contributed by atoms with Crippen LogP contribution in [0, 0.1) is 5.82 Å². The Morgan fingerprint density at radius 3 is 2.62 bits per heavy atom. The molecule has 0 radical (unpaired) electrons. The summed E-state index contributed by atoms with van der Waals surface area (Å²) in [4.78, 5) is 30.1. The number of halogens is 1. The fraction of sp³-hybridized carbons (Fsp3) is 0.318. The van der Waals surface area contributed by atoms with Gasteiger partial charge in [-0.25, -0.2) is 9.37 Å². The normalized spacial score (nSPS) is 14.8. The molecule has 0 bridgehead atoms. The van der Waals surface area contributed by atoms with Gasteiger partial charge in [-0.2, -0.15) is 0 Å². The second-order valence-electron chi connectivity index (χ2n) is 7.19. The SMILES string of the molecule is O=C(CSc1nc2ccccc2c(=O)n1-c1ccccc1F)NC1CCCCC1. The van der Waals surface area contributed by atoms with E-state index in [2.05, 4.69) is 10.3 Å². The van der Waals surface area contributed by atoms with Gasteiger partial charge in [0.05, 0.1) is 22.3 Å². The number of rotatable bonds is 5. The molecule has 2 aromatic carbocycles. The molecule has 1 amide bonds. The van der Waals surface area contributed by atoms with Gasteiger partial charge in [-0.05, 0) is 37.1 Å². The van der Waals surface area contributed by atoms with Crippen LogP contribution in [0.4, 0.5) is 4.39 Å². The van der Waals surface area contributed by atoms with Crippen molar-refractivity contribution in [2.45, 2.75) is 43.3 Å². The minimum atomic E-state index is -0.514. The van der Waals surface area contributed by atoms with Crippen LogP contribution in [0.15, 0.2) is 58.5 Å². The molecule has 0 unspecified atom stereocenters. The largest absolute Gasteiger partial charge is 0.353 e. The number of carbonyl (C=O) groups excluding carboxylic acids is 1. The lowest BCUT2D eigenvalue weighted by Crippen LogP contribution is -2.37. The van der Waals surface area contributed by atoms with Crippen molar-refractivity contribution in [2.24, 2.45) is 0 Å². The minimum Gasteiger partial charge on any atom is -0.353 e. The number of hydrogen-bond donors (Lipinski definition) is 1. The molecule has 0 spiro atoms. The number of para-hydroxylation sites is 2. The maximum absolute atomic E-state index is 14.5. The van der Waals surface area contributed by atoms with E-state index in [0.29, 0.717) is 16.1 Å². The molecule has 1 aromatic heterocycles. The third-order valence-corrected chi connectivity index (χ3v) is 6.08. The van der Waals surface area contributed by atoms with Crippen LogP contribution in [0.2, 0.25) is 0 Å². The van der Waals surface area contributed by atoms with Crippen LogP contribution in [0.1, 0.15) is 32.1 Å². The summed E-state index contributed by atoms with van der Waals surface area (Å²) >= 11 is 1.15. The fourth-order valence-corrected chi connectivity index (χ4v) is 4.52. The van der Waals surface area contributed by atoms with Gasteiger partial charge in [0.2, 0.25) is 5.91 Å². The summed E-state index contributed by atoms with van der Waals surface area (Å²) < 4.78 is 15.7. The van der Waals surface area contributed by atoms with Crippen LogP contribution in [-0.2, 0) is 4.79 Å². The monoisotopic (exact) mass is 411 g/mol. The van der Waals surface area contributed by atoms with E-state index >= 15 is 0 Å². The van der Waals surface area contributed by atoms with Crippen molar-refractivity contribution >= 4 is 28.6 Å². The Bertz CT molecular complexity index is 1090. The van der Waals surface area contributed by atoms with Crippen molar-refractivity contribution in [3.8, 4) is 5.69 Å². The van der Waals surface area contributed by atoms with Crippen molar-refractivity contribution < 1.29 is 9.18 Å². The molecule has 4 rings (SSSR count). The van der Waals surface area contributed by atoms with Gasteiger partial charge in [0.15, 0.2) is 5.16 Å². The molecule has 5 nitrogen and oxygen atoms in total. The van der Waals surface area contributed by atoms with Crippen molar-refractivity contribution in [3.63, 3.8) is 0 Å². The van der Waals surface area contributed by atoms with Crippen LogP contribution in [0.25, 0.3) is 16.6 Å². The summed E-state index contributed by atoms with van der Waals surface area (Å²) in [6.45, 7) is 0. The van der Waals surface area contributed by atoms with Crippen molar-refractivity contribution in [3.05, 3.63) is 64.7 Å². The molecule has 1 aliphatic rings.